The number of hydrogen-bond donors (Lipinski definition) is 2. The first-order valence-corrected chi connectivity index (χ1v) is 14.0. The number of methoxy groups -OCH3 is 1. The van der Waals surface area contributed by atoms with Crippen LogP contribution in [0.4, 0.5) is 11.4 Å². The number of rotatable bonds is 9. The summed E-state index contributed by atoms with van der Waals surface area (Å²) in [6.45, 7) is 0. The van der Waals surface area contributed by atoms with E-state index in [9.17, 15) is 18.0 Å². The van der Waals surface area contributed by atoms with Crippen LogP contribution >= 0.6 is 23.1 Å². The third kappa shape index (κ3) is 6.14. The molecule has 4 aromatic rings. The van der Waals surface area contributed by atoms with E-state index >= 15 is 0 Å². The van der Waals surface area contributed by atoms with Gasteiger partial charge < -0.3 is 10.1 Å². The number of para-hydroxylation sites is 1. The van der Waals surface area contributed by atoms with Gasteiger partial charge in [-0.25, -0.2) is 13.2 Å². The van der Waals surface area contributed by atoms with Crippen LogP contribution in [0, 0.1) is 0 Å². The lowest BCUT2D eigenvalue weighted by molar-refractivity contribution is -0.115. The van der Waals surface area contributed by atoms with Gasteiger partial charge in [-0.3, -0.25) is 9.52 Å². The van der Waals surface area contributed by atoms with Gasteiger partial charge in [-0.15, -0.1) is 23.1 Å². The zero-order valence-electron chi connectivity index (χ0n) is 19.1. The molecule has 0 fully saturated rings. The van der Waals surface area contributed by atoms with E-state index in [2.05, 4.69) is 10.0 Å². The van der Waals surface area contributed by atoms with Crippen molar-refractivity contribution in [1.29, 1.82) is 0 Å². The average molecular weight is 539 g/mol. The van der Waals surface area contributed by atoms with Gasteiger partial charge in [0, 0.05) is 10.6 Å². The van der Waals surface area contributed by atoms with Crippen LogP contribution in [0.1, 0.15) is 21.2 Å². The lowest BCUT2D eigenvalue weighted by Crippen LogP contribution is -2.20. The maximum atomic E-state index is 13.4. The maximum absolute atomic E-state index is 13.4. The van der Waals surface area contributed by atoms with Gasteiger partial charge in [0.15, 0.2) is 0 Å². The summed E-state index contributed by atoms with van der Waals surface area (Å²) in [5.74, 6) is -0.861. The second-order valence-electron chi connectivity index (χ2n) is 7.50. The molecule has 0 saturated carbocycles. The van der Waals surface area contributed by atoms with Crippen LogP contribution in [-0.4, -0.2) is 27.4 Å². The van der Waals surface area contributed by atoms with E-state index in [4.69, 9.17) is 4.74 Å². The number of carbonyl (C=O) groups excluding carboxylic acids is 2. The van der Waals surface area contributed by atoms with Crippen molar-refractivity contribution in [3.63, 3.8) is 0 Å². The molecule has 0 saturated heterocycles. The highest BCUT2D eigenvalue weighted by Gasteiger charge is 2.24. The highest BCUT2D eigenvalue weighted by atomic mass is 32.2. The molecule has 1 aromatic heterocycles. The fourth-order valence-corrected chi connectivity index (χ4v) is 6.41. The maximum Gasteiger partial charge on any atom is 0.339 e. The lowest BCUT2D eigenvalue weighted by atomic mass is 10.1. The molecule has 0 aliphatic rings. The zero-order valence-corrected chi connectivity index (χ0v) is 21.5. The molecule has 1 atom stereocenters. The summed E-state index contributed by atoms with van der Waals surface area (Å²) in [6.07, 6.45) is 0. The fourth-order valence-electron chi connectivity index (χ4n) is 3.34. The Bertz CT molecular complexity index is 1440. The molecule has 0 aliphatic carbocycles. The number of nitrogens with one attached hydrogen (secondary N) is 2. The van der Waals surface area contributed by atoms with Crippen molar-refractivity contribution in [2.75, 3.05) is 17.1 Å². The molecule has 1 heterocycles. The summed E-state index contributed by atoms with van der Waals surface area (Å²) in [7, 11) is -2.37. The number of anilines is 2. The predicted molar refractivity (Wildman–Crippen MR) is 143 cm³/mol. The highest BCUT2D eigenvalue weighted by Crippen LogP contribution is 2.37. The van der Waals surface area contributed by atoms with Gasteiger partial charge in [0.25, 0.3) is 10.0 Å². The van der Waals surface area contributed by atoms with E-state index in [1.165, 1.54) is 18.9 Å². The minimum absolute atomic E-state index is 0.231. The number of hydrogen-bond acceptors (Lipinski definition) is 7. The van der Waals surface area contributed by atoms with Crippen LogP contribution in [-0.2, 0) is 19.6 Å². The summed E-state index contributed by atoms with van der Waals surface area (Å²) in [5, 5.41) is 3.92. The summed E-state index contributed by atoms with van der Waals surface area (Å²) in [4.78, 5) is 26.3. The Morgan fingerprint density at radius 1 is 0.889 bits per heavy atom. The van der Waals surface area contributed by atoms with Gasteiger partial charge in [0.05, 0.1) is 18.4 Å². The van der Waals surface area contributed by atoms with Crippen molar-refractivity contribution >= 4 is 56.4 Å². The summed E-state index contributed by atoms with van der Waals surface area (Å²) < 4.78 is 32.6. The van der Waals surface area contributed by atoms with Crippen molar-refractivity contribution in [3.05, 3.63) is 108 Å². The zero-order chi connectivity index (χ0) is 25.5. The summed E-state index contributed by atoms with van der Waals surface area (Å²) in [6, 6.07) is 25.9. The third-order valence-corrected chi connectivity index (χ3v) is 9.10. The number of benzene rings is 3. The van der Waals surface area contributed by atoms with Crippen molar-refractivity contribution in [2.45, 2.75) is 14.4 Å². The molecular formula is C26H22N2O5S3. The Balaban J connectivity index is 1.55. The van der Waals surface area contributed by atoms with E-state index in [-0.39, 0.29) is 15.7 Å². The van der Waals surface area contributed by atoms with Crippen LogP contribution in [0.15, 0.2) is 105 Å². The van der Waals surface area contributed by atoms with Crippen LogP contribution in [0.2, 0.25) is 0 Å². The average Bonchev–Trinajstić information content (AvgIpc) is 3.45. The van der Waals surface area contributed by atoms with E-state index in [1.54, 1.807) is 66.0 Å². The quantitative estimate of drug-likeness (QED) is 0.206. The topological polar surface area (TPSA) is 102 Å². The second kappa shape index (κ2) is 11.4. The standard InChI is InChI=1S/C26H22N2O5S3/c1-33-26(30)21-10-5-6-11-22(21)27-25(29)24(18-8-3-2-4-9-18)35-20-15-13-19(14-16-20)28-36(31,32)23-12-7-17-34-23/h2-17,24,28H,1H3,(H,27,29). The molecule has 0 bridgehead atoms. The van der Waals surface area contributed by atoms with Gasteiger partial charge in [-0.1, -0.05) is 48.5 Å². The van der Waals surface area contributed by atoms with E-state index in [0.717, 1.165) is 21.8 Å². The first-order valence-electron chi connectivity index (χ1n) is 10.7. The Kier molecular flexibility index (Phi) is 8.09. The van der Waals surface area contributed by atoms with E-state index in [1.807, 2.05) is 30.3 Å². The normalized spacial score (nSPS) is 11.9. The molecule has 0 spiro atoms. The summed E-state index contributed by atoms with van der Waals surface area (Å²) in [5.41, 5.74) is 1.81. The van der Waals surface area contributed by atoms with Crippen molar-refractivity contribution in [1.82, 2.24) is 0 Å². The minimum Gasteiger partial charge on any atom is -0.465 e. The molecule has 36 heavy (non-hydrogen) atoms. The Morgan fingerprint density at radius 2 is 1.58 bits per heavy atom. The number of thiophene rings is 1. The first-order chi connectivity index (χ1) is 17.4. The molecule has 0 radical (unpaired) electrons. The molecule has 4 rings (SSSR count). The van der Waals surface area contributed by atoms with Crippen molar-refractivity contribution in [2.24, 2.45) is 0 Å². The SMILES string of the molecule is COC(=O)c1ccccc1NC(=O)C(Sc1ccc(NS(=O)(=O)c2cccs2)cc1)c1ccccc1. The molecule has 10 heteroatoms. The number of esters is 1. The van der Waals surface area contributed by atoms with Crippen LogP contribution < -0.4 is 10.0 Å². The molecular weight excluding hydrogens is 516 g/mol. The van der Waals surface area contributed by atoms with Gasteiger partial charge >= 0.3 is 5.97 Å². The number of carbonyl (C=O) groups is 2. The van der Waals surface area contributed by atoms with Crippen molar-refractivity contribution < 1.29 is 22.7 Å². The van der Waals surface area contributed by atoms with Crippen molar-refractivity contribution in [3.8, 4) is 0 Å². The number of amides is 1. The smallest absolute Gasteiger partial charge is 0.339 e. The monoisotopic (exact) mass is 538 g/mol. The predicted octanol–water partition coefficient (Wildman–Crippen LogP) is 5.81. The molecule has 1 unspecified atom stereocenters. The molecule has 0 aliphatic heterocycles. The first kappa shape index (κ1) is 25.5. The van der Waals surface area contributed by atoms with Gasteiger partial charge in [-0.05, 0) is 53.4 Å². The number of sulfonamides is 1. The number of thioether (sulfide) groups is 1. The van der Waals surface area contributed by atoms with E-state index in [0.29, 0.717) is 11.4 Å². The van der Waals surface area contributed by atoms with Crippen LogP contribution in [0.25, 0.3) is 0 Å². The lowest BCUT2D eigenvalue weighted by Gasteiger charge is -2.18. The summed E-state index contributed by atoms with van der Waals surface area (Å²) >= 11 is 2.45. The third-order valence-electron chi connectivity index (χ3n) is 5.05. The fraction of sp³-hybridized carbons (Fsp3) is 0.0769. The highest BCUT2D eigenvalue weighted by molar-refractivity contribution is 8.00. The molecule has 1 amide bonds. The van der Waals surface area contributed by atoms with Crippen LogP contribution in [0.5, 0.6) is 0 Å². The number of ether oxygens (including phenoxy) is 1. The molecule has 184 valence electrons. The van der Waals surface area contributed by atoms with Gasteiger partial charge in [0.1, 0.15) is 9.46 Å². The minimum atomic E-state index is -3.65. The molecule has 7 nitrogen and oxygen atoms in total. The van der Waals surface area contributed by atoms with E-state index < -0.39 is 21.2 Å². The Hall–Kier alpha value is -3.60. The van der Waals surface area contributed by atoms with Gasteiger partial charge in [0.2, 0.25) is 5.91 Å². The van der Waals surface area contributed by atoms with Crippen LogP contribution in [0.3, 0.4) is 0 Å². The Labute approximate surface area is 217 Å². The Morgan fingerprint density at radius 3 is 2.25 bits per heavy atom. The second-order valence-corrected chi connectivity index (χ2v) is 11.5. The molecule has 2 N–H and O–H groups in total. The molecule has 3 aromatic carbocycles. The largest absolute Gasteiger partial charge is 0.465 e. The van der Waals surface area contributed by atoms with Gasteiger partial charge in [-0.2, -0.15) is 0 Å².